The minimum atomic E-state index is 0.00482. The minimum Gasteiger partial charge on any atom is -0.373 e. The zero-order valence-corrected chi connectivity index (χ0v) is 15.8. The van der Waals surface area contributed by atoms with Gasteiger partial charge in [-0.25, -0.2) is 9.97 Å². The van der Waals surface area contributed by atoms with Crippen LogP contribution in [0.2, 0.25) is 0 Å². The van der Waals surface area contributed by atoms with Crippen LogP contribution in [0, 0.1) is 6.92 Å². The van der Waals surface area contributed by atoms with E-state index in [4.69, 9.17) is 4.52 Å². The first kappa shape index (κ1) is 18.3. The number of carbonyl (C=O) groups excluding carboxylic acids is 1. The van der Waals surface area contributed by atoms with E-state index < -0.39 is 0 Å². The Morgan fingerprint density at radius 3 is 2.88 bits per heavy atom. The lowest BCUT2D eigenvalue weighted by molar-refractivity contribution is -0.132. The molecule has 1 amide bonds. The number of amides is 1. The first-order valence-corrected chi connectivity index (χ1v) is 9.13. The van der Waals surface area contributed by atoms with Gasteiger partial charge in [-0.3, -0.25) is 4.79 Å². The molecule has 0 aliphatic carbocycles. The van der Waals surface area contributed by atoms with Crippen LogP contribution >= 0.6 is 0 Å². The van der Waals surface area contributed by atoms with Crippen molar-refractivity contribution in [1.82, 2.24) is 25.0 Å². The van der Waals surface area contributed by atoms with Gasteiger partial charge in [0.05, 0.1) is 11.7 Å². The van der Waals surface area contributed by atoms with E-state index in [1.807, 2.05) is 38.8 Å². The highest BCUT2D eigenvalue weighted by atomic mass is 16.5. The number of nitrogens with one attached hydrogen (secondary N) is 1. The Morgan fingerprint density at radius 2 is 2.19 bits per heavy atom. The predicted octanol–water partition coefficient (Wildman–Crippen LogP) is 2.63. The van der Waals surface area contributed by atoms with Gasteiger partial charge >= 0.3 is 0 Å². The largest absolute Gasteiger partial charge is 0.373 e. The Labute approximate surface area is 153 Å². The Morgan fingerprint density at radius 1 is 1.38 bits per heavy atom. The van der Waals surface area contributed by atoms with Gasteiger partial charge in [-0.1, -0.05) is 19.0 Å². The number of likely N-dealkylation sites (tertiary alicyclic amines) is 1. The van der Waals surface area contributed by atoms with Crippen molar-refractivity contribution in [3.63, 3.8) is 0 Å². The van der Waals surface area contributed by atoms with Gasteiger partial charge in [0.2, 0.25) is 11.8 Å². The average Bonchev–Trinajstić information content (AvgIpc) is 3.28. The van der Waals surface area contributed by atoms with E-state index >= 15 is 0 Å². The summed E-state index contributed by atoms with van der Waals surface area (Å²) < 4.78 is 5.24. The van der Waals surface area contributed by atoms with E-state index in [-0.39, 0.29) is 17.9 Å². The van der Waals surface area contributed by atoms with E-state index in [0.29, 0.717) is 30.4 Å². The quantitative estimate of drug-likeness (QED) is 0.847. The summed E-state index contributed by atoms with van der Waals surface area (Å²) in [5.41, 5.74) is 0.896. The van der Waals surface area contributed by atoms with Crippen molar-refractivity contribution in [2.24, 2.45) is 0 Å². The van der Waals surface area contributed by atoms with Crippen LogP contribution in [-0.2, 0) is 11.2 Å². The Balaban J connectivity index is 1.67. The maximum Gasteiger partial charge on any atom is 0.227 e. The van der Waals surface area contributed by atoms with Crippen LogP contribution in [0.25, 0.3) is 0 Å². The van der Waals surface area contributed by atoms with Gasteiger partial charge in [0.1, 0.15) is 11.6 Å². The summed E-state index contributed by atoms with van der Waals surface area (Å²) >= 11 is 0. The molecule has 2 aromatic rings. The van der Waals surface area contributed by atoms with Crippen molar-refractivity contribution >= 4 is 11.7 Å². The molecule has 8 heteroatoms. The van der Waals surface area contributed by atoms with Crippen LogP contribution in [0.1, 0.15) is 68.3 Å². The molecule has 0 spiro atoms. The normalized spacial score (nSPS) is 17.1. The number of carbonyl (C=O) groups is 1. The van der Waals surface area contributed by atoms with Crippen molar-refractivity contribution in [2.45, 2.75) is 58.4 Å². The lowest BCUT2D eigenvalue weighted by Gasteiger charge is -2.24. The summed E-state index contributed by atoms with van der Waals surface area (Å²) in [5.74, 6) is 3.00. The summed E-state index contributed by atoms with van der Waals surface area (Å²) in [6.07, 6.45) is 2.72. The lowest BCUT2D eigenvalue weighted by atomic mass is 10.1. The fourth-order valence-corrected chi connectivity index (χ4v) is 3.22. The average molecular weight is 358 g/mol. The van der Waals surface area contributed by atoms with Crippen LogP contribution < -0.4 is 5.32 Å². The molecule has 1 aliphatic rings. The zero-order chi connectivity index (χ0) is 18.7. The van der Waals surface area contributed by atoms with Crippen LogP contribution in [0.5, 0.6) is 0 Å². The first-order valence-electron chi connectivity index (χ1n) is 9.13. The van der Waals surface area contributed by atoms with Crippen molar-refractivity contribution in [3.8, 4) is 0 Å². The first-order chi connectivity index (χ1) is 12.5. The molecule has 1 aliphatic heterocycles. The van der Waals surface area contributed by atoms with Gasteiger partial charge in [0.15, 0.2) is 5.82 Å². The van der Waals surface area contributed by atoms with E-state index in [2.05, 4.69) is 25.4 Å². The van der Waals surface area contributed by atoms with Crippen molar-refractivity contribution in [1.29, 1.82) is 0 Å². The number of hydrogen-bond donors (Lipinski definition) is 1. The standard InChI is InChI=1S/C18H26N6O2/c1-11(2)18-22-16(26-23-18)7-8-17(25)24-9-5-6-14(24)13-10-15(19-4)21-12(3)20-13/h10-11,14H,5-9H2,1-4H3,(H,19,20,21)/t14-/m0/s1. The van der Waals surface area contributed by atoms with Crippen molar-refractivity contribution < 1.29 is 9.32 Å². The molecular formula is C18H26N6O2. The molecule has 26 heavy (non-hydrogen) atoms. The second-order valence-corrected chi connectivity index (χ2v) is 6.92. The number of rotatable bonds is 6. The predicted molar refractivity (Wildman–Crippen MR) is 96.7 cm³/mol. The highest BCUT2D eigenvalue weighted by Gasteiger charge is 2.31. The summed E-state index contributed by atoms with van der Waals surface area (Å²) in [6, 6.07) is 1.93. The topological polar surface area (TPSA) is 97.0 Å². The molecule has 1 N–H and O–H groups in total. The van der Waals surface area contributed by atoms with Crippen molar-refractivity contribution in [2.75, 3.05) is 18.9 Å². The third kappa shape index (κ3) is 4.00. The molecule has 2 aromatic heterocycles. The summed E-state index contributed by atoms with van der Waals surface area (Å²) in [7, 11) is 1.83. The highest BCUT2D eigenvalue weighted by Crippen LogP contribution is 2.32. The summed E-state index contributed by atoms with van der Waals surface area (Å²) in [5, 5.41) is 7.00. The van der Waals surface area contributed by atoms with Crippen LogP contribution in [0.3, 0.4) is 0 Å². The molecule has 0 bridgehead atoms. The van der Waals surface area contributed by atoms with Gasteiger partial charge in [-0.05, 0) is 19.8 Å². The molecule has 3 heterocycles. The SMILES string of the molecule is CNc1cc([C@@H]2CCCN2C(=O)CCc2nc(C(C)C)no2)nc(C)n1. The monoisotopic (exact) mass is 358 g/mol. The second kappa shape index (κ2) is 7.80. The lowest BCUT2D eigenvalue weighted by Crippen LogP contribution is -2.31. The molecule has 0 unspecified atom stereocenters. The van der Waals surface area contributed by atoms with Gasteiger partial charge in [-0.2, -0.15) is 4.98 Å². The molecule has 1 fully saturated rings. The second-order valence-electron chi connectivity index (χ2n) is 6.92. The Bertz CT molecular complexity index is 773. The Hall–Kier alpha value is -2.51. The fraction of sp³-hybridized carbons (Fsp3) is 0.611. The third-order valence-electron chi connectivity index (χ3n) is 4.58. The number of aryl methyl sites for hydroxylation is 2. The van der Waals surface area contributed by atoms with E-state index in [0.717, 1.165) is 30.9 Å². The maximum absolute atomic E-state index is 12.8. The van der Waals surface area contributed by atoms with Crippen molar-refractivity contribution in [3.05, 3.63) is 29.3 Å². The Kier molecular flexibility index (Phi) is 5.49. The van der Waals surface area contributed by atoms with E-state index in [1.165, 1.54) is 0 Å². The maximum atomic E-state index is 12.8. The fourth-order valence-electron chi connectivity index (χ4n) is 3.22. The van der Waals surface area contributed by atoms with Gasteiger partial charge in [0.25, 0.3) is 0 Å². The number of nitrogens with zero attached hydrogens (tertiary/aromatic N) is 5. The van der Waals surface area contributed by atoms with Crippen LogP contribution in [0.4, 0.5) is 5.82 Å². The van der Waals surface area contributed by atoms with Crippen LogP contribution in [-0.4, -0.2) is 44.5 Å². The smallest absolute Gasteiger partial charge is 0.227 e. The molecule has 0 aromatic carbocycles. The minimum absolute atomic E-state index is 0.00482. The van der Waals surface area contributed by atoms with Crippen LogP contribution in [0.15, 0.2) is 10.6 Å². The van der Waals surface area contributed by atoms with E-state index in [9.17, 15) is 4.79 Å². The molecule has 3 rings (SSSR count). The molecule has 8 nitrogen and oxygen atoms in total. The van der Waals surface area contributed by atoms with Gasteiger partial charge in [-0.15, -0.1) is 0 Å². The number of hydrogen-bond acceptors (Lipinski definition) is 7. The van der Waals surface area contributed by atoms with E-state index in [1.54, 1.807) is 0 Å². The molecule has 140 valence electrons. The summed E-state index contributed by atoms with van der Waals surface area (Å²) in [6.45, 7) is 6.64. The molecule has 1 saturated heterocycles. The number of anilines is 1. The molecule has 0 saturated carbocycles. The zero-order valence-electron chi connectivity index (χ0n) is 15.8. The molecule has 1 atom stereocenters. The van der Waals surface area contributed by atoms with Gasteiger partial charge in [0, 0.05) is 38.4 Å². The number of aromatic nitrogens is 4. The highest BCUT2D eigenvalue weighted by molar-refractivity contribution is 5.77. The van der Waals surface area contributed by atoms with Gasteiger partial charge < -0.3 is 14.7 Å². The summed E-state index contributed by atoms with van der Waals surface area (Å²) in [4.78, 5) is 27.9. The molecular weight excluding hydrogens is 332 g/mol. The molecule has 0 radical (unpaired) electrons. The third-order valence-corrected chi connectivity index (χ3v) is 4.58.